The van der Waals surface area contributed by atoms with Gasteiger partial charge >= 0.3 is 23.1 Å². The smallest absolute Gasteiger partial charge is 1.00 e. The molecule has 2 aliphatic rings. The number of rotatable bonds is 1. The third-order valence-corrected chi connectivity index (χ3v) is 7.28. The average Bonchev–Trinajstić information content (AvgIpc) is 3.40. The summed E-state index contributed by atoms with van der Waals surface area (Å²) in [4.78, 5) is 0. The Morgan fingerprint density at radius 1 is 0.615 bits per heavy atom. The van der Waals surface area contributed by atoms with Gasteiger partial charge in [-0.25, -0.2) is 0 Å². The van der Waals surface area contributed by atoms with Gasteiger partial charge in [-0.1, -0.05) is 109 Å². The van der Waals surface area contributed by atoms with Gasteiger partial charge in [0.2, 0.25) is 0 Å². The number of aryl methyl sites for hydroxylation is 6. The molecule has 0 bridgehead atoms. The second-order valence-corrected chi connectivity index (χ2v) is 11.3. The van der Waals surface area contributed by atoms with Gasteiger partial charge in [0.15, 0.2) is 0 Å². The molecule has 4 aromatic carbocycles. The minimum Gasteiger partial charge on any atom is -1.00 e. The van der Waals surface area contributed by atoms with Crippen LogP contribution in [0.4, 0.5) is 0 Å². The summed E-state index contributed by atoms with van der Waals surface area (Å²) < 4.78 is 1.29. The molecule has 0 atom stereocenters. The Morgan fingerprint density at radius 2 is 1.08 bits per heavy atom. The predicted octanol–water partition coefficient (Wildman–Crippen LogP) is 6.72. The summed E-state index contributed by atoms with van der Waals surface area (Å²) in [6.45, 7) is 12.9. The van der Waals surface area contributed by atoms with Gasteiger partial charge in [0, 0.05) is 10.9 Å². The van der Waals surface area contributed by atoms with E-state index in [0.29, 0.717) is 0 Å². The summed E-state index contributed by atoms with van der Waals surface area (Å²) in [5.41, 5.74) is 16.4. The van der Waals surface area contributed by atoms with Crippen molar-refractivity contribution in [1.82, 2.24) is 0 Å². The number of hydrogen-bond acceptors (Lipinski definition) is 0. The summed E-state index contributed by atoms with van der Waals surface area (Å²) in [5, 5.41) is 0. The quantitative estimate of drug-likeness (QED) is 0.158. The third-order valence-electron chi connectivity index (χ3n) is 6.77. The first-order valence-corrected chi connectivity index (χ1v) is 13.8. The van der Waals surface area contributed by atoms with Crippen molar-refractivity contribution in [1.29, 1.82) is 0 Å². The first kappa shape index (κ1) is 33.3. The number of hydrogen-bond donors (Lipinski definition) is 0. The Labute approximate surface area is 270 Å². The minimum atomic E-state index is 0. The molecular weight excluding hydrogens is 617 g/mol. The van der Waals surface area contributed by atoms with Crippen LogP contribution in [0.1, 0.15) is 61.2 Å². The monoisotopic (exact) mass is 650 g/mol. The number of halogens is 2. The molecule has 0 aromatic heterocycles. The molecule has 0 radical (unpaired) electrons. The number of fused-ring (bicyclic) bond motifs is 2. The molecule has 0 heterocycles. The molecule has 0 nitrogen and oxygen atoms in total. The van der Waals surface area contributed by atoms with Gasteiger partial charge in [-0.05, 0) is 77.8 Å². The molecule has 2 aliphatic carbocycles. The molecule has 0 amide bonds. The van der Waals surface area contributed by atoms with Crippen LogP contribution >= 0.6 is 15.9 Å². The molecule has 0 saturated carbocycles. The van der Waals surface area contributed by atoms with E-state index in [0.717, 1.165) is 12.8 Å². The second-order valence-electron chi connectivity index (χ2n) is 10.3. The molecule has 0 spiro atoms. The molecule has 0 saturated heterocycles. The summed E-state index contributed by atoms with van der Waals surface area (Å²) in [5.74, 6) is 0. The van der Waals surface area contributed by atoms with E-state index in [2.05, 4.69) is 148 Å². The van der Waals surface area contributed by atoms with E-state index < -0.39 is 0 Å². The van der Waals surface area contributed by atoms with Gasteiger partial charge in [0.25, 0.3) is 0 Å². The van der Waals surface area contributed by atoms with Crippen molar-refractivity contribution in [2.75, 3.05) is 0 Å². The average molecular weight is 653 g/mol. The Kier molecular flexibility index (Phi) is 13.0. The second kappa shape index (κ2) is 15.2. The Balaban J connectivity index is 0.000000218. The topological polar surface area (TPSA) is 0 Å². The van der Waals surface area contributed by atoms with E-state index in [4.69, 9.17) is 0 Å². The third kappa shape index (κ3) is 9.04. The van der Waals surface area contributed by atoms with Gasteiger partial charge in [0.05, 0.1) is 0 Å². The fourth-order valence-electron chi connectivity index (χ4n) is 5.47. The predicted molar refractivity (Wildman–Crippen MR) is 171 cm³/mol. The van der Waals surface area contributed by atoms with Crippen LogP contribution in [0.15, 0.2) is 77.3 Å². The van der Waals surface area contributed by atoms with E-state index in [1.807, 2.05) is 0 Å². The van der Waals surface area contributed by atoms with Crippen LogP contribution < -0.4 is 17.0 Å². The first-order chi connectivity index (χ1) is 17.7. The van der Waals surface area contributed by atoms with Crippen LogP contribution in [0.2, 0.25) is 0 Å². The number of allylic oxidation sites excluding steroid dienone is 2. The molecule has 0 N–H and O–H groups in total. The van der Waals surface area contributed by atoms with Gasteiger partial charge in [-0.2, -0.15) is 34.9 Å². The van der Waals surface area contributed by atoms with Crippen molar-refractivity contribution in [3.05, 3.63) is 145 Å². The summed E-state index contributed by atoms with van der Waals surface area (Å²) in [7, 11) is 0. The van der Waals surface area contributed by atoms with Crippen molar-refractivity contribution in [3.63, 3.8) is 0 Å². The minimum absolute atomic E-state index is 0. The van der Waals surface area contributed by atoms with Crippen LogP contribution in [0.3, 0.4) is 0 Å². The Morgan fingerprint density at radius 3 is 1.56 bits per heavy atom. The van der Waals surface area contributed by atoms with Crippen molar-refractivity contribution in [3.8, 4) is 0 Å². The van der Waals surface area contributed by atoms with E-state index in [-0.39, 0.29) is 40.0 Å². The largest absolute Gasteiger partial charge is 2.00 e. The molecule has 39 heavy (non-hydrogen) atoms. The standard InChI is InChI=1S/C18H18.C9H7Br.C9H11.BrH.Mg/c1-12-8-13(2)18(14(3)9-12)17-10-15-6-4-5-7-16(15)11-17;10-9-5-7-3-1-2-4-8(7)6-9;1-7-4-8(2)6-9(3)5-7;;/h4-10H,11H2,1-3H3;1-5H,6H2;4-5H,1-3H3;1H;/q;;-1;;+2/p-1. The molecule has 3 heteroatoms. The summed E-state index contributed by atoms with van der Waals surface area (Å²) >= 11 is 3.48. The van der Waals surface area contributed by atoms with E-state index in [1.54, 1.807) is 0 Å². The fraction of sp³-hybridized carbons (Fsp3) is 0.222. The van der Waals surface area contributed by atoms with Crippen LogP contribution in [0.5, 0.6) is 0 Å². The van der Waals surface area contributed by atoms with Crippen molar-refractivity contribution >= 4 is 56.7 Å². The maximum absolute atomic E-state index is 3.48. The molecule has 0 unspecified atom stereocenters. The van der Waals surface area contributed by atoms with Crippen LogP contribution in [0.25, 0.3) is 17.7 Å². The maximum Gasteiger partial charge on any atom is 2.00 e. The van der Waals surface area contributed by atoms with Crippen molar-refractivity contribution < 1.29 is 17.0 Å². The normalized spacial score (nSPS) is 12.2. The van der Waals surface area contributed by atoms with Crippen LogP contribution in [0, 0.1) is 47.6 Å². The number of benzene rings is 4. The Hall–Kier alpha value is -1.91. The van der Waals surface area contributed by atoms with Crippen LogP contribution in [-0.2, 0) is 12.8 Å². The van der Waals surface area contributed by atoms with Gasteiger partial charge < -0.3 is 17.0 Å². The molecule has 4 aromatic rings. The zero-order valence-corrected chi connectivity index (χ0v) is 28.5. The van der Waals surface area contributed by atoms with Crippen LogP contribution in [-0.4, -0.2) is 23.1 Å². The van der Waals surface area contributed by atoms with E-state index >= 15 is 0 Å². The SMILES string of the molecule is BrC1=Cc2ccccc2C1.Cc1[c-]c(C)cc(C)c1.Cc1cc(C)c(C2=Cc3ccccc3C2)c(C)c1.[Br-].[Mg+2]. The summed E-state index contributed by atoms with van der Waals surface area (Å²) in [6, 6.07) is 29.2. The Bertz CT molecular complexity index is 1420. The fourth-order valence-corrected chi connectivity index (χ4v) is 6.02. The van der Waals surface area contributed by atoms with Crippen molar-refractivity contribution in [2.45, 2.75) is 54.4 Å². The maximum atomic E-state index is 3.48. The molecule has 196 valence electrons. The molecule has 6 rings (SSSR count). The summed E-state index contributed by atoms with van der Waals surface area (Å²) in [6.07, 6.45) is 6.66. The zero-order chi connectivity index (χ0) is 26.5. The molecule has 0 aliphatic heterocycles. The first-order valence-electron chi connectivity index (χ1n) is 13.0. The molecular formula is C36H36Br2Mg. The zero-order valence-electron chi connectivity index (χ0n) is 24.0. The van der Waals surface area contributed by atoms with Crippen molar-refractivity contribution in [2.24, 2.45) is 0 Å². The van der Waals surface area contributed by atoms with Gasteiger partial charge in [-0.15, -0.1) is 0 Å². The van der Waals surface area contributed by atoms with E-state index in [9.17, 15) is 0 Å². The van der Waals surface area contributed by atoms with E-state index in [1.165, 1.54) is 71.3 Å². The van der Waals surface area contributed by atoms with Gasteiger partial charge in [-0.3, -0.25) is 0 Å². The van der Waals surface area contributed by atoms with Gasteiger partial charge in [0.1, 0.15) is 0 Å². The molecule has 0 fully saturated rings.